The predicted molar refractivity (Wildman–Crippen MR) is 129 cm³/mol. The highest BCUT2D eigenvalue weighted by molar-refractivity contribution is 6.35. The molecule has 6 nitrogen and oxygen atoms in total. The Labute approximate surface area is 199 Å². The van der Waals surface area contributed by atoms with Gasteiger partial charge in [-0.05, 0) is 53.1 Å². The summed E-state index contributed by atoms with van der Waals surface area (Å²) in [5.41, 5.74) is 2.78. The molecule has 33 heavy (non-hydrogen) atoms. The van der Waals surface area contributed by atoms with E-state index in [-0.39, 0.29) is 17.9 Å². The zero-order chi connectivity index (χ0) is 23.4. The van der Waals surface area contributed by atoms with Crippen molar-refractivity contribution in [3.63, 3.8) is 0 Å². The molecule has 0 radical (unpaired) electrons. The quantitative estimate of drug-likeness (QED) is 0.363. The molecule has 166 valence electrons. The van der Waals surface area contributed by atoms with Crippen LogP contribution in [-0.4, -0.2) is 21.2 Å². The molecule has 0 aliphatic carbocycles. The van der Waals surface area contributed by atoms with Gasteiger partial charge in [0.15, 0.2) is 0 Å². The summed E-state index contributed by atoms with van der Waals surface area (Å²) in [5.74, 6) is -0.404. The molecule has 1 amide bonds. The lowest BCUT2D eigenvalue weighted by Crippen LogP contribution is -2.29. The monoisotopic (exact) mass is 479 g/mol. The van der Waals surface area contributed by atoms with Crippen molar-refractivity contribution in [1.29, 1.82) is 0 Å². The van der Waals surface area contributed by atoms with Crippen LogP contribution in [0.1, 0.15) is 27.0 Å². The minimum atomic E-state index is -0.609. The van der Waals surface area contributed by atoms with Crippen molar-refractivity contribution in [2.75, 3.05) is 0 Å². The van der Waals surface area contributed by atoms with Gasteiger partial charge in [-0.25, -0.2) is 5.10 Å². The minimum absolute atomic E-state index is 0.0808. The number of aromatic amines is 1. The van der Waals surface area contributed by atoms with E-state index in [1.54, 1.807) is 36.4 Å². The summed E-state index contributed by atoms with van der Waals surface area (Å²) in [5, 5.41) is 20.3. The number of carbonyl (C=O) groups excluding carboxylic acids is 1. The number of halogens is 2. The van der Waals surface area contributed by atoms with Crippen LogP contribution in [-0.2, 0) is 13.0 Å². The summed E-state index contributed by atoms with van der Waals surface area (Å²) in [7, 11) is 0. The summed E-state index contributed by atoms with van der Waals surface area (Å²) >= 11 is 12.0. The Bertz CT molecular complexity index is 1370. The summed E-state index contributed by atoms with van der Waals surface area (Å²) in [6, 6.07) is 21.2. The number of aromatic hydroxyl groups is 1. The molecule has 4 aromatic rings. The van der Waals surface area contributed by atoms with Crippen molar-refractivity contribution in [2.45, 2.75) is 13.0 Å². The average molecular weight is 480 g/mol. The number of aromatic nitrogens is 2. The Balaban J connectivity index is 1.57. The summed E-state index contributed by atoms with van der Waals surface area (Å²) in [6.45, 7) is 0.131. The fraction of sp³-hybridized carbons (Fsp3) is 0.0800. The molecule has 3 N–H and O–H groups in total. The number of nitrogens with one attached hydrogen (secondary N) is 2. The number of H-pyrrole nitrogens is 1. The first-order valence-electron chi connectivity index (χ1n) is 10.1. The predicted octanol–water partition coefficient (Wildman–Crippen LogP) is 4.97. The molecule has 0 spiro atoms. The van der Waals surface area contributed by atoms with Crippen molar-refractivity contribution in [1.82, 2.24) is 15.5 Å². The third kappa shape index (κ3) is 5.42. The van der Waals surface area contributed by atoms with Crippen LogP contribution in [0.15, 0.2) is 77.6 Å². The Morgan fingerprint density at radius 3 is 2.52 bits per heavy atom. The first-order valence-corrected chi connectivity index (χ1v) is 10.8. The fourth-order valence-electron chi connectivity index (χ4n) is 3.36. The van der Waals surface area contributed by atoms with Crippen LogP contribution in [0.3, 0.4) is 0 Å². The third-order valence-electron chi connectivity index (χ3n) is 5.12. The van der Waals surface area contributed by atoms with Gasteiger partial charge in [-0.3, -0.25) is 9.59 Å². The molecule has 3 aromatic carbocycles. The molecule has 0 bridgehead atoms. The number of phenols is 1. The van der Waals surface area contributed by atoms with Crippen LogP contribution in [0.2, 0.25) is 10.0 Å². The number of hydrogen-bond donors (Lipinski definition) is 3. The van der Waals surface area contributed by atoms with Gasteiger partial charge in [-0.15, -0.1) is 0 Å². The molecule has 1 aromatic heterocycles. The lowest BCUT2D eigenvalue weighted by Gasteiger charge is -2.10. The van der Waals surface area contributed by atoms with Gasteiger partial charge in [0, 0.05) is 28.6 Å². The highest BCUT2D eigenvalue weighted by Gasteiger charge is 2.15. The number of carbonyl (C=O) groups is 1. The molecule has 8 heteroatoms. The minimum Gasteiger partial charge on any atom is -0.508 e. The molecule has 0 atom stereocenters. The summed E-state index contributed by atoms with van der Waals surface area (Å²) in [4.78, 5) is 25.0. The van der Waals surface area contributed by atoms with Crippen molar-refractivity contribution >= 4 is 29.1 Å². The molecular weight excluding hydrogens is 461 g/mol. The number of amides is 1. The maximum absolute atomic E-state index is 12.7. The van der Waals surface area contributed by atoms with Gasteiger partial charge in [-0.1, -0.05) is 59.6 Å². The van der Waals surface area contributed by atoms with Crippen LogP contribution in [0, 0.1) is 0 Å². The second-order valence-corrected chi connectivity index (χ2v) is 8.26. The molecule has 0 aliphatic rings. The van der Waals surface area contributed by atoms with E-state index in [9.17, 15) is 14.7 Å². The number of phenolic OH excluding ortho intramolecular Hbond substituents is 1. The largest absolute Gasteiger partial charge is 0.508 e. The van der Waals surface area contributed by atoms with E-state index in [4.69, 9.17) is 23.2 Å². The van der Waals surface area contributed by atoms with E-state index in [1.807, 2.05) is 30.3 Å². The SMILES string of the molecule is O=C(NCc1ccc(Cl)cc1Cl)c1cc(-c2ccc(O)c(Cc3ccccc3)c2)n[nH]c1=O. The zero-order valence-corrected chi connectivity index (χ0v) is 18.8. The average Bonchev–Trinajstić information content (AvgIpc) is 2.81. The van der Waals surface area contributed by atoms with Crippen LogP contribution in [0.25, 0.3) is 11.3 Å². The number of benzene rings is 3. The van der Waals surface area contributed by atoms with Crippen LogP contribution < -0.4 is 10.9 Å². The van der Waals surface area contributed by atoms with Crippen molar-refractivity contribution in [3.8, 4) is 17.0 Å². The lowest BCUT2D eigenvalue weighted by atomic mass is 10.00. The third-order valence-corrected chi connectivity index (χ3v) is 5.70. The molecule has 0 saturated carbocycles. The molecule has 1 heterocycles. The van der Waals surface area contributed by atoms with E-state index in [1.165, 1.54) is 6.07 Å². The second-order valence-electron chi connectivity index (χ2n) is 7.42. The van der Waals surface area contributed by atoms with Gasteiger partial charge in [0.05, 0.1) is 5.69 Å². The Kier molecular flexibility index (Phi) is 6.77. The standard InChI is InChI=1S/C25H19Cl2N3O3/c26-19-8-6-17(21(27)12-19)14-28-24(32)20-13-22(29-30-25(20)33)16-7-9-23(31)18(11-16)10-15-4-2-1-3-5-15/h1-9,11-13,31H,10,14H2,(H,28,32)(H,30,33). The summed E-state index contributed by atoms with van der Waals surface area (Å²) in [6.07, 6.45) is 0.527. The fourth-order valence-corrected chi connectivity index (χ4v) is 3.84. The van der Waals surface area contributed by atoms with Crippen LogP contribution >= 0.6 is 23.2 Å². The normalized spacial score (nSPS) is 10.7. The molecular formula is C25H19Cl2N3O3. The van der Waals surface area contributed by atoms with Gasteiger partial charge in [0.1, 0.15) is 11.3 Å². The zero-order valence-electron chi connectivity index (χ0n) is 17.3. The molecule has 4 rings (SSSR count). The smallest absolute Gasteiger partial charge is 0.277 e. The van der Waals surface area contributed by atoms with Gasteiger partial charge in [0.2, 0.25) is 0 Å². The Hall–Kier alpha value is -3.61. The van der Waals surface area contributed by atoms with E-state index in [2.05, 4.69) is 15.5 Å². The topological polar surface area (TPSA) is 95.1 Å². The van der Waals surface area contributed by atoms with E-state index in [0.717, 1.165) is 5.56 Å². The molecule has 0 aliphatic heterocycles. The number of nitrogens with zero attached hydrogens (tertiary/aromatic N) is 1. The van der Waals surface area contributed by atoms with E-state index < -0.39 is 11.5 Å². The Morgan fingerprint density at radius 1 is 0.970 bits per heavy atom. The van der Waals surface area contributed by atoms with Gasteiger partial charge in [0.25, 0.3) is 11.5 Å². The number of rotatable bonds is 6. The lowest BCUT2D eigenvalue weighted by molar-refractivity contribution is 0.0949. The van der Waals surface area contributed by atoms with Gasteiger partial charge in [-0.2, -0.15) is 5.10 Å². The van der Waals surface area contributed by atoms with E-state index in [0.29, 0.717) is 38.9 Å². The molecule has 0 saturated heterocycles. The highest BCUT2D eigenvalue weighted by Crippen LogP contribution is 2.27. The second kappa shape index (κ2) is 9.90. The van der Waals surface area contributed by atoms with Crippen molar-refractivity contribution in [3.05, 3.63) is 115 Å². The Morgan fingerprint density at radius 2 is 1.76 bits per heavy atom. The van der Waals surface area contributed by atoms with Gasteiger partial charge < -0.3 is 10.4 Å². The van der Waals surface area contributed by atoms with Crippen LogP contribution in [0.4, 0.5) is 0 Å². The van der Waals surface area contributed by atoms with Crippen LogP contribution in [0.5, 0.6) is 5.75 Å². The molecule has 0 unspecified atom stereocenters. The van der Waals surface area contributed by atoms with E-state index >= 15 is 0 Å². The summed E-state index contributed by atoms with van der Waals surface area (Å²) < 4.78 is 0. The molecule has 0 fully saturated rings. The maximum Gasteiger partial charge on any atom is 0.277 e. The number of hydrogen-bond acceptors (Lipinski definition) is 4. The van der Waals surface area contributed by atoms with Crippen molar-refractivity contribution < 1.29 is 9.90 Å². The first kappa shape index (κ1) is 22.6. The van der Waals surface area contributed by atoms with Crippen molar-refractivity contribution in [2.24, 2.45) is 0 Å². The maximum atomic E-state index is 12.7. The highest BCUT2D eigenvalue weighted by atomic mass is 35.5. The first-order chi connectivity index (χ1) is 15.9. The van der Waals surface area contributed by atoms with Gasteiger partial charge >= 0.3 is 0 Å².